The summed E-state index contributed by atoms with van der Waals surface area (Å²) in [6, 6.07) is 9.03. The number of H-pyrrole nitrogens is 2. The van der Waals surface area contributed by atoms with Gasteiger partial charge in [-0.05, 0) is 25.1 Å². The number of anilines is 1. The number of ether oxygens (including phenoxy) is 1. The molecule has 7 nitrogen and oxygen atoms in total. The summed E-state index contributed by atoms with van der Waals surface area (Å²) in [5.41, 5.74) is 9.73. The van der Waals surface area contributed by atoms with Crippen molar-refractivity contribution >= 4 is 11.7 Å². The highest BCUT2D eigenvalue weighted by molar-refractivity contribution is 5.90. The Morgan fingerprint density at radius 2 is 1.86 bits per heavy atom. The van der Waals surface area contributed by atoms with Crippen molar-refractivity contribution in [3.63, 3.8) is 0 Å². The Bertz CT molecular complexity index is 788. The van der Waals surface area contributed by atoms with Crippen LogP contribution in [-0.4, -0.2) is 33.0 Å². The van der Waals surface area contributed by atoms with Gasteiger partial charge in [0.1, 0.15) is 17.1 Å². The molecule has 0 aliphatic carbocycles. The van der Waals surface area contributed by atoms with Gasteiger partial charge in [-0.2, -0.15) is 15.4 Å². The second kappa shape index (κ2) is 5.72. The van der Waals surface area contributed by atoms with Crippen LogP contribution in [0.5, 0.6) is 0 Å². The summed E-state index contributed by atoms with van der Waals surface area (Å²) >= 11 is 0. The molecule has 1 aromatic carbocycles. The first-order chi connectivity index (χ1) is 10.7. The van der Waals surface area contributed by atoms with Crippen molar-refractivity contribution in [1.82, 2.24) is 20.4 Å². The SMILES string of the molecule is CCOC(=O)c1cc(-c2n[nH]nc2-c2ccc(N)cc2)c[nH]1. The normalized spacial score (nSPS) is 10.6. The van der Waals surface area contributed by atoms with Gasteiger partial charge in [0.25, 0.3) is 0 Å². The maximum atomic E-state index is 11.7. The Hall–Kier alpha value is -3.09. The van der Waals surface area contributed by atoms with Gasteiger partial charge in [-0.25, -0.2) is 4.79 Å². The largest absolute Gasteiger partial charge is 0.461 e. The molecular formula is C15H15N5O2. The molecule has 0 saturated heterocycles. The molecule has 0 unspecified atom stereocenters. The Morgan fingerprint density at radius 3 is 2.55 bits per heavy atom. The number of aromatic nitrogens is 4. The number of nitrogens with two attached hydrogens (primary N) is 1. The molecule has 0 aliphatic rings. The van der Waals surface area contributed by atoms with Gasteiger partial charge in [-0.15, -0.1) is 0 Å². The van der Waals surface area contributed by atoms with Crippen LogP contribution in [0.1, 0.15) is 17.4 Å². The van der Waals surface area contributed by atoms with E-state index in [-0.39, 0.29) is 0 Å². The number of rotatable bonds is 4. The molecule has 4 N–H and O–H groups in total. The minimum atomic E-state index is -0.397. The smallest absolute Gasteiger partial charge is 0.354 e. The number of nitrogens with zero attached hydrogens (tertiary/aromatic N) is 2. The van der Waals surface area contributed by atoms with E-state index < -0.39 is 5.97 Å². The molecule has 0 saturated carbocycles. The van der Waals surface area contributed by atoms with E-state index in [2.05, 4.69) is 20.4 Å². The highest BCUT2D eigenvalue weighted by Crippen LogP contribution is 2.29. The summed E-state index contributed by atoms with van der Waals surface area (Å²) < 4.78 is 4.96. The van der Waals surface area contributed by atoms with E-state index >= 15 is 0 Å². The molecular weight excluding hydrogens is 282 g/mol. The first-order valence-corrected chi connectivity index (χ1v) is 6.81. The van der Waals surface area contributed by atoms with E-state index in [1.807, 2.05) is 12.1 Å². The molecule has 0 atom stereocenters. The number of benzene rings is 1. The lowest BCUT2D eigenvalue weighted by molar-refractivity contribution is 0.0520. The molecule has 0 radical (unpaired) electrons. The predicted molar refractivity (Wildman–Crippen MR) is 82.0 cm³/mol. The van der Waals surface area contributed by atoms with Crippen molar-refractivity contribution in [2.45, 2.75) is 6.92 Å². The Labute approximate surface area is 126 Å². The third kappa shape index (κ3) is 2.56. The van der Waals surface area contributed by atoms with Gasteiger partial charge in [0.2, 0.25) is 0 Å². The number of hydrogen-bond acceptors (Lipinski definition) is 5. The number of hydrogen-bond donors (Lipinski definition) is 3. The van der Waals surface area contributed by atoms with Crippen LogP contribution in [0.3, 0.4) is 0 Å². The maximum absolute atomic E-state index is 11.7. The van der Waals surface area contributed by atoms with Gasteiger partial charge in [-0.1, -0.05) is 12.1 Å². The van der Waals surface area contributed by atoms with Crippen molar-refractivity contribution in [3.8, 4) is 22.5 Å². The van der Waals surface area contributed by atoms with Gasteiger partial charge in [0.05, 0.1) is 6.61 Å². The van der Waals surface area contributed by atoms with E-state index in [4.69, 9.17) is 10.5 Å². The third-order valence-corrected chi connectivity index (χ3v) is 3.18. The van der Waals surface area contributed by atoms with E-state index in [0.29, 0.717) is 29.4 Å². The zero-order valence-electron chi connectivity index (χ0n) is 12.0. The molecule has 22 heavy (non-hydrogen) atoms. The first kappa shape index (κ1) is 13.9. The number of esters is 1. The minimum Gasteiger partial charge on any atom is -0.461 e. The summed E-state index contributed by atoms with van der Waals surface area (Å²) in [6.07, 6.45) is 1.70. The van der Waals surface area contributed by atoms with Gasteiger partial charge < -0.3 is 15.5 Å². The van der Waals surface area contributed by atoms with Crippen LogP contribution in [0.4, 0.5) is 5.69 Å². The summed E-state index contributed by atoms with van der Waals surface area (Å²) in [5.74, 6) is -0.397. The molecule has 0 fully saturated rings. The fourth-order valence-electron chi connectivity index (χ4n) is 2.13. The minimum absolute atomic E-state index is 0.327. The lowest BCUT2D eigenvalue weighted by atomic mass is 10.1. The lowest BCUT2D eigenvalue weighted by Crippen LogP contribution is -2.04. The molecule has 0 aliphatic heterocycles. The molecule has 3 rings (SSSR count). The van der Waals surface area contributed by atoms with Gasteiger partial charge >= 0.3 is 5.97 Å². The molecule has 3 aromatic rings. The van der Waals surface area contributed by atoms with Crippen LogP contribution in [0.15, 0.2) is 36.5 Å². The zero-order valence-corrected chi connectivity index (χ0v) is 12.0. The van der Waals surface area contributed by atoms with Crippen molar-refractivity contribution in [1.29, 1.82) is 0 Å². The van der Waals surface area contributed by atoms with E-state index in [0.717, 1.165) is 11.1 Å². The monoisotopic (exact) mass is 297 g/mol. The Balaban J connectivity index is 1.95. The number of carbonyl (C=O) groups is 1. The number of nitrogens with one attached hydrogen (secondary N) is 2. The second-order valence-electron chi connectivity index (χ2n) is 4.67. The van der Waals surface area contributed by atoms with Crippen molar-refractivity contribution in [2.75, 3.05) is 12.3 Å². The van der Waals surface area contributed by atoms with E-state index in [1.54, 1.807) is 31.3 Å². The molecule has 7 heteroatoms. The number of carbonyl (C=O) groups excluding carboxylic acids is 1. The van der Waals surface area contributed by atoms with Crippen LogP contribution in [0, 0.1) is 0 Å². The van der Waals surface area contributed by atoms with Crippen LogP contribution in [-0.2, 0) is 4.74 Å². The number of aromatic amines is 2. The maximum Gasteiger partial charge on any atom is 0.354 e. The van der Waals surface area contributed by atoms with Crippen LogP contribution in [0.25, 0.3) is 22.5 Å². The number of nitrogen functional groups attached to an aromatic ring is 1. The lowest BCUT2D eigenvalue weighted by Gasteiger charge is -2.00. The van der Waals surface area contributed by atoms with Crippen LogP contribution in [0.2, 0.25) is 0 Å². The molecule has 2 aromatic heterocycles. The van der Waals surface area contributed by atoms with Crippen LogP contribution >= 0.6 is 0 Å². The molecule has 112 valence electrons. The van der Waals surface area contributed by atoms with E-state index in [9.17, 15) is 4.79 Å². The Kier molecular flexibility index (Phi) is 3.61. The van der Waals surface area contributed by atoms with Crippen molar-refractivity contribution in [3.05, 3.63) is 42.2 Å². The second-order valence-corrected chi connectivity index (χ2v) is 4.67. The fourth-order valence-corrected chi connectivity index (χ4v) is 2.13. The van der Waals surface area contributed by atoms with Crippen LogP contribution < -0.4 is 5.73 Å². The van der Waals surface area contributed by atoms with Gasteiger partial charge in [-0.3, -0.25) is 0 Å². The van der Waals surface area contributed by atoms with Gasteiger partial charge in [0, 0.05) is 23.0 Å². The molecule has 2 heterocycles. The topological polar surface area (TPSA) is 110 Å². The van der Waals surface area contributed by atoms with Gasteiger partial charge in [0.15, 0.2) is 0 Å². The van der Waals surface area contributed by atoms with E-state index in [1.165, 1.54) is 0 Å². The molecule has 0 bridgehead atoms. The van der Waals surface area contributed by atoms with Crippen molar-refractivity contribution in [2.24, 2.45) is 0 Å². The standard InChI is InChI=1S/C15H15N5O2/c1-2-22-15(21)12-7-10(8-17-12)14-13(18-20-19-14)9-3-5-11(16)6-4-9/h3-8,17H,2,16H2,1H3,(H,18,19,20). The first-order valence-electron chi connectivity index (χ1n) is 6.81. The predicted octanol–water partition coefficient (Wildman–Crippen LogP) is 2.23. The molecule has 0 amide bonds. The summed E-state index contributed by atoms with van der Waals surface area (Å²) in [4.78, 5) is 14.6. The average Bonchev–Trinajstić information content (AvgIpc) is 3.17. The molecule has 0 spiro atoms. The highest BCUT2D eigenvalue weighted by Gasteiger charge is 2.16. The quantitative estimate of drug-likeness (QED) is 0.505. The zero-order chi connectivity index (χ0) is 15.5. The fraction of sp³-hybridized carbons (Fsp3) is 0.133. The Morgan fingerprint density at radius 1 is 1.18 bits per heavy atom. The third-order valence-electron chi connectivity index (χ3n) is 3.18. The average molecular weight is 297 g/mol. The summed E-state index contributed by atoms with van der Waals surface area (Å²) in [7, 11) is 0. The summed E-state index contributed by atoms with van der Waals surface area (Å²) in [5, 5.41) is 11.0. The highest BCUT2D eigenvalue weighted by atomic mass is 16.5. The summed E-state index contributed by atoms with van der Waals surface area (Å²) in [6.45, 7) is 2.09. The van der Waals surface area contributed by atoms with Crippen molar-refractivity contribution < 1.29 is 9.53 Å².